The van der Waals surface area contributed by atoms with Crippen molar-refractivity contribution >= 4 is 35.5 Å². The molecule has 0 unspecified atom stereocenters. The van der Waals surface area contributed by atoms with Crippen molar-refractivity contribution in [2.24, 2.45) is 0 Å². The van der Waals surface area contributed by atoms with Gasteiger partial charge in [0.05, 0.1) is 12.1 Å². The minimum Gasteiger partial charge on any atom is -0.495 e. The Kier molecular flexibility index (Phi) is 5.08. The van der Waals surface area contributed by atoms with Crippen molar-refractivity contribution in [1.29, 1.82) is 0 Å². The van der Waals surface area contributed by atoms with Gasteiger partial charge in [0, 0.05) is 6.04 Å². The van der Waals surface area contributed by atoms with Gasteiger partial charge in [0.2, 0.25) is 0 Å². The molecule has 0 atom stereocenters. The molecule has 0 spiro atoms. The normalized spacial score (nSPS) is 20.8. The Hall–Kier alpha value is -2.34. The van der Waals surface area contributed by atoms with Gasteiger partial charge in [0.1, 0.15) is 11.3 Å². The van der Waals surface area contributed by atoms with Crippen LogP contribution < -0.4 is 10.1 Å². The first kappa shape index (κ1) is 17.5. The number of imide groups is 2. The van der Waals surface area contributed by atoms with Crippen LogP contribution in [0.4, 0.5) is 4.79 Å². The van der Waals surface area contributed by atoms with Gasteiger partial charge in [-0.05, 0) is 36.6 Å². The molecule has 0 radical (unpaired) electrons. The van der Waals surface area contributed by atoms with Gasteiger partial charge in [-0.2, -0.15) is 0 Å². The number of hydrogen-bond acceptors (Lipinski definition) is 4. The molecule has 1 saturated heterocycles. The fourth-order valence-electron chi connectivity index (χ4n) is 3.28. The van der Waals surface area contributed by atoms with Crippen molar-refractivity contribution < 1.29 is 19.1 Å². The lowest BCUT2D eigenvalue weighted by molar-refractivity contribution is -0.132. The summed E-state index contributed by atoms with van der Waals surface area (Å²) >= 11 is 6.09. The second kappa shape index (κ2) is 7.27. The number of ether oxygens (including phenoxy) is 1. The van der Waals surface area contributed by atoms with E-state index in [4.69, 9.17) is 16.3 Å². The Labute approximate surface area is 150 Å². The molecule has 2 aliphatic rings. The molecule has 7 heteroatoms. The van der Waals surface area contributed by atoms with E-state index in [0.717, 1.165) is 32.1 Å². The fourth-order valence-corrected chi connectivity index (χ4v) is 3.55. The Balaban J connectivity index is 1.91. The number of carbonyl (C=O) groups is 3. The lowest BCUT2D eigenvalue weighted by Crippen LogP contribution is -2.58. The number of nitrogens with zero attached hydrogens (tertiary/aromatic N) is 1. The zero-order valence-electron chi connectivity index (χ0n) is 13.9. The van der Waals surface area contributed by atoms with Gasteiger partial charge in [-0.15, -0.1) is 0 Å². The molecular formula is C18H19ClN2O4. The quantitative estimate of drug-likeness (QED) is 0.662. The first-order chi connectivity index (χ1) is 12.0. The number of methoxy groups -OCH3 is 1. The van der Waals surface area contributed by atoms with Gasteiger partial charge >= 0.3 is 6.03 Å². The number of rotatable bonds is 3. The summed E-state index contributed by atoms with van der Waals surface area (Å²) in [5.74, 6) is -0.733. The first-order valence-corrected chi connectivity index (χ1v) is 8.63. The average molecular weight is 363 g/mol. The largest absolute Gasteiger partial charge is 0.495 e. The van der Waals surface area contributed by atoms with E-state index in [0.29, 0.717) is 16.3 Å². The molecule has 0 bridgehead atoms. The predicted molar refractivity (Wildman–Crippen MR) is 93.2 cm³/mol. The maximum absolute atomic E-state index is 12.8. The van der Waals surface area contributed by atoms with Gasteiger partial charge < -0.3 is 4.74 Å². The monoisotopic (exact) mass is 362 g/mol. The number of barbiturate groups is 1. The van der Waals surface area contributed by atoms with E-state index in [2.05, 4.69) is 5.32 Å². The fraction of sp³-hybridized carbons (Fsp3) is 0.389. The van der Waals surface area contributed by atoms with Crippen molar-refractivity contribution in [2.75, 3.05) is 7.11 Å². The van der Waals surface area contributed by atoms with Crippen molar-refractivity contribution in [3.05, 3.63) is 34.4 Å². The molecule has 1 aromatic rings. The lowest BCUT2D eigenvalue weighted by atomic mass is 9.93. The van der Waals surface area contributed by atoms with Crippen LogP contribution in [0.5, 0.6) is 5.75 Å². The van der Waals surface area contributed by atoms with Gasteiger partial charge in [-0.25, -0.2) is 4.79 Å². The van der Waals surface area contributed by atoms with Crippen LogP contribution in [0.2, 0.25) is 5.02 Å². The van der Waals surface area contributed by atoms with Crippen LogP contribution in [0.15, 0.2) is 23.8 Å². The number of benzene rings is 1. The highest BCUT2D eigenvalue weighted by molar-refractivity contribution is 6.33. The highest BCUT2D eigenvalue weighted by Gasteiger charge is 2.40. The van der Waals surface area contributed by atoms with E-state index >= 15 is 0 Å². The zero-order chi connectivity index (χ0) is 18.0. The van der Waals surface area contributed by atoms with Crippen molar-refractivity contribution in [3.8, 4) is 5.75 Å². The van der Waals surface area contributed by atoms with Crippen LogP contribution in [-0.4, -0.2) is 35.9 Å². The summed E-state index contributed by atoms with van der Waals surface area (Å²) in [5, 5.41) is 2.64. The van der Waals surface area contributed by atoms with E-state index in [1.165, 1.54) is 18.1 Å². The molecule has 132 valence electrons. The van der Waals surface area contributed by atoms with Gasteiger partial charge in [0.15, 0.2) is 0 Å². The molecule has 1 aromatic carbocycles. The minimum atomic E-state index is -0.686. The summed E-state index contributed by atoms with van der Waals surface area (Å²) in [4.78, 5) is 38.3. The zero-order valence-corrected chi connectivity index (χ0v) is 14.6. The number of hydrogen-bond donors (Lipinski definition) is 1. The molecular weight excluding hydrogens is 344 g/mol. The summed E-state index contributed by atoms with van der Waals surface area (Å²) in [7, 11) is 1.51. The Morgan fingerprint density at radius 2 is 1.92 bits per heavy atom. The van der Waals surface area contributed by atoms with Crippen molar-refractivity contribution in [2.45, 2.75) is 38.1 Å². The number of carbonyl (C=O) groups excluding carboxylic acids is 3. The number of halogens is 1. The van der Waals surface area contributed by atoms with Crippen LogP contribution in [0.25, 0.3) is 6.08 Å². The van der Waals surface area contributed by atoms with E-state index in [-0.39, 0.29) is 11.6 Å². The highest BCUT2D eigenvalue weighted by Crippen LogP contribution is 2.28. The molecule has 25 heavy (non-hydrogen) atoms. The Morgan fingerprint density at radius 1 is 1.20 bits per heavy atom. The molecule has 1 aliphatic carbocycles. The van der Waals surface area contributed by atoms with Gasteiger partial charge in [-0.3, -0.25) is 19.8 Å². The summed E-state index contributed by atoms with van der Waals surface area (Å²) in [6.45, 7) is 0. The summed E-state index contributed by atoms with van der Waals surface area (Å²) in [5.41, 5.74) is 0.522. The Bertz CT molecular complexity index is 753. The molecule has 1 N–H and O–H groups in total. The lowest BCUT2D eigenvalue weighted by Gasteiger charge is -2.35. The SMILES string of the molecule is COc1ccc(C=C2C(=O)NC(=O)N(C3CCCCC3)C2=O)cc1Cl. The van der Waals surface area contributed by atoms with E-state index < -0.39 is 17.8 Å². The van der Waals surface area contributed by atoms with Crippen LogP contribution in [0.3, 0.4) is 0 Å². The number of urea groups is 1. The van der Waals surface area contributed by atoms with E-state index in [9.17, 15) is 14.4 Å². The minimum absolute atomic E-state index is 0.0635. The number of nitrogens with one attached hydrogen (secondary N) is 1. The molecule has 1 saturated carbocycles. The highest BCUT2D eigenvalue weighted by atomic mass is 35.5. The Morgan fingerprint density at radius 3 is 2.56 bits per heavy atom. The molecule has 6 nitrogen and oxygen atoms in total. The third kappa shape index (κ3) is 3.54. The van der Waals surface area contributed by atoms with Crippen molar-refractivity contribution in [3.63, 3.8) is 0 Å². The molecule has 2 fully saturated rings. The van der Waals surface area contributed by atoms with Crippen molar-refractivity contribution in [1.82, 2.24) is 10.2 Å². The maximum atomic E-state index is 12.8. The average Bonchev–Trinajstić information content (AvgIpc) is 2.59. The second-order valence-electron chi connectivity index (χ2n) is 6.18. The van der Waals surface area contributed by atoms with E-state index in [1.54, 1.807) is 18.2 Å². The third-order valence-electron chi connectivity index (χ3n) is 4.56. The standard InChI is InChI=1S/C18H19ClN2O4/c1-25-15-8-7-11(10-14(15)19)9-13-16(22)20-18(24)21(17(13)23)12-5-3-2-4-6-12/h7-10,12H,2-6H2,1H3,(H,20,22,24). The predicted octanol–water partition coefficient (Wildman–Crippen LogP) is 3.14. The van der Waals surface area contributed by atoms with Crippen LogP contribution in [0.1, 0.15) is 37.7 Å². The maximum Gasteiger partial charge on any atom is 0.331 e. The second-order valence-corrected chi connectivity index (χ2v) is 6.59. The molecule has 0 aromatic heterocycles. The molecule has 4 amide bonds. The number of amides is 4. The molecule has 1 heterocycles. The summed E-state index contributed by atoms with van der Waals surface area (Å²) < 4.78 is 5.09. The van der Waals surface area contributed by atoms with Crippen LogP contribution >= 0.6 is 11.6 Å². The van der Waals surface area contributed by atoms with Gasteiger partial charge in [-0.1, -0.05) is 36.9 Å². The summed E-state index contributed by atoms with van der Waals surface area (Å²) in [6, 6.07) is 4.17. The molecule has 1 aliphatic heterocycles. The van der Waals surface area contributed by atoms with Crippen LogP contribution in [-0.2, 0) is 9.59 Å². The van der Waals surface area contributed by atoms with Crippen LogP contribution in [0, 0.1) is 0 Å². The van der Waals surface area contributed by atoms with Gasteiger partial charge in [0.25, 0.3) is 11.8 Å². The smallest absolute Gasteiger partial charge is 0.331 e. The summed E-state index contributed by atoms with van der Waals surface area (Å²) in [6.07, 6.45) is 6.05. The first-order valence-electron chi connectivity index (χ1n) is 8.25. The topological polar surface area (TPSA) is 75.7 Å². The van der Waals surface area contributed by atoms with E-state index in [1.807, 2.05) is 0 Å². The molecule has 3 rings (SSSR count). The third-order valence-corrected chi connectivity index (χ3v) is 4.86.